The quantitative estimate of drug-likeness (QED) is 0.840. The number of rotatable bonds is 3. The summed E-state index contributed by atoms with van der Waals surface area (Å²) < 4.78 is 1.79. The van der Waals surface area contributed by atoms with Gasteiger partial charge >= 0.3 is 0 Å². The van der Waals surface area contributed by atoms with E-state index in [9.17, 15) is 10.2 Å². The van der Waals surface area contributed by atoms with Crippen LogP contribution in [0.1, 0.15) is 19.5 Å². The Morgan fingerprint density at radius 2 is 2.00 bits per heavy atom. The Balaban J connectivity index is 2.37. The largest absolute Gasteiger partial charge is 0.390 e. The van der Waals surface area contributed by atoms with Crippen molar-refractivity contribution in [3.8, 4) is 0 Å². The Kier molecular flexibility index (Phi) is 2.93. The second-order valence-electron chi connectivity index (χ2n) is 4.96. The highest BCUT2D eigenvalue weighted by molar-refractivity contribution is 5.81. The highest BCUT2D eigenvalue weighted by atomic mass is 16.3. The van der Waals surface area contributed by atoms with Crippen LogP contribution in [0.15, 0.2) is 24.3 Å². The van der Waals surface area contributed by atoms with Gasteiger partial charge in [-0.05, 0) is 19.9 Å². The smallest absolute Gasteiger partial charge is 0.0877 e. The highest BCUT2D eigenvalue weighted by Crippen LogP contribution is 2.21. The van der Waals surface area contributed by atoms with E-state index in [1.165, 1.54) is 0 Å². The summed E-state index contributed by atoms with van der Waals surface area (Å²) >= 11 is 0. The second kappa shape index (κ2) is 4.13. The molecule has 0 fully saturated rings. The average molecular weight is 234 g/mol. The molecule has 0 aliphatic carbocycles. The van der Waals surface area contributed by atoms with Crippen LogP contribution < -0.4 is 0 Å². The summed E-state index contributed by atoms with van der Waals surface area (Å²) in [5, 5.41) is 25.1. The highest BCUT2D eigenvalue weighted by Gasteiger charge is 2.26. The summed E-state index contributed by atoms with van der Waals surface area (Å²) in [5.41, 5.74) is 0.738. The summed E-state index contributed by atoms with van der Waals surface area (Å²) in [7, 11) is 1.88. The van der Waals surface area contributed by atoms with Gasteiger partial charge in [-0.25, -0.2) is 0 Å². The fourth-order valence-electron chi connectivity index (χ4n) is 1.87. The van der Waals surface area contributed by atoms with Crippen molar-refractivity contribution in [1.82, 2.24) is 9.78 Å². The molecular formula is C13H18N2O2. The molecule has 0 aliphatic rings. The maximum atomic E-state index is 9.91. The van der Waals surface area contributed by atoms with Crippen LogP contribution in [0.4, 0.5) is 0 Å². The van der Waals surface area contributed by atoms with Gasteiger partial charge in [0.25, 0.3) is 0 Å². The molecule has 1 heterocycles. The molecule has 0 amide bonds. The van der Waals surface area contributed by atoms with Gasteiger partial charge in [0.15, 0.2) is 0 Å². The topological polar surface area (TPSA) is 58.3 Å². The number of nitrogens with zero attached hydrogens (tertiary/aromatic N) is 2. The van der Waals surface area contributed by atoms with E-state index in [2.05, 4.69) is 5.10 Å². The lowest BCUT2D eigenvalue weighted by Crippen LogP contribution is -2.37. The van der Waals surface area contributed by atoms with E-state index < -0.39 is 11.7 Å². The van der Waals surface area contributed by atoms with Gasteiger partial charge in [-0.1, -0.05) is 18.2 Å². The van der Waals surface area contributed by atoms with E-state index >= 15 is 0 Å². The molecule has 0 saturated heterocycles. The Labute approximate surface area is 100 Å². The third kappa shape index (κ3) is 2.33. The van der Waals surface area contributed by atoms with Crippen LogP contribution in [0.5, 0.6) is 0 Å². The number of aliphatic hydroxyl groups excluding tert-OH is 1. The monoisotopic (exact) mass is 234 g/mol. The van der Waals surface area contributed by atoms with Gasteiger partial charge in [-0.3, -0.25) is 4.68 Å². The van der Waals surface area contributed by atoms with Gasteiger partial charge in [0.05, 0.1) is 22.9 Å². The fraction of sp³-hybridized carbons (Fsp3) is 0.462. The molecule has 0 saturated carbocycles. The Morgan fingerprint density at radius 3 is 2.65 bits per heavy atom. The van der Waals surface area contributed by atoms with E-state index in [1.54, 1.807) is 18.5 Å². The lowest BCUT2D eigenvalue weighted by molar-refractivity contribution is -0.0472. The summed E-state index contributed by atoms with van der Waals surface area (Å²) in [4.78, 5) is 0. The molecule has 1 atom stereocenters. The lowest BCUT2D eigenvalue weighted by Gasteiger charge is -2.23. The molecule has 0 spiro atoms. The second-order valence-corrected chi connectivity index (χ2v) is 4.96. The van der Waals surface area contributed by atoms with Crippen LogP contribution in [0, 0.1) is 0 Å². The number of hydrogen-bond acceptors (Lipinski definition) is 3. The van der Waals surface area contributed by atoms with E-state index in [-0.39, 0.29) is 0 Å². The minimum Gasteiger partial charge on any atom is -0.390 e. The molecule has 1 unspecified atom stereocenters. The molecule has 4 heteroatoms. The standard InChI is InChI=1S/C13H18N2O2/c1-13(2,17)12(16)8-10-9-6-4-5-7-11(9)15(3)14-10/h4-7,12,16-17H,8H2,1-3H3. The predicted octanol–water partition coefficient (Wildman–Crippen LogP) is 1.25. The predicted molar refractivity (Wildman–Crippen MR) is 66.7 cm³/mol. The minimum atomic E-state index is -1.11. The number of benzene rings is 1. The summed E-state index contributed by atoms with van der Waals surface area (Å²) in [5.74, 6) is 0. The van der Waals surface area contributed by atoms with Crippen LogP contribution in [0.25, 0.3) is 10.9 Å². The first-order valence-electron chi connectivity index (χ1n) is 5.70. The number of aryl methyl sites for hydroxylation is 1. The molecule has 4 nitrogen and oxygen atoms in total. The number of fused-ring (bicyclic) bond motifs is 1. The van der Waals surface area contributed by atoms with Crippen molar-refractivity contribution in [2.75, 3.05) is 0 Å². The third-order valence-electron chi connectivity index (χ3n) is 3.04. The van der Waals surface area contributed by atoms with Crippen LogP contribution >= 0.6 is 0 Å². The van der Waals surface area contributed by atoms with Crippen LogP contribution in [-0.2, 0) is 13.5 Å². The summed E-state index contributed by atoms with van der Waals surface area (Å²) in [6.45, 7) is 3.20. The number of aromatic nitrogens is 2. The SMILES string of the molecule is Cn1nc(CC(O)C(C)(C)O)c2ccccc21. The van der Waals surface area contributed by atoms with Crippen molar-refractivity contribution >= 4 is 10.9 Å². The van der Waals surface area contributed by atoms with E-state index in [0.29, 0.717) is 6.42 Å². The van der Waals surface area contributed by atoms with Gasteiger partial charge < -0.3 is 10.2 Å². The number of para-hydroxylation sites is 1. The third-order valence-corrected chi connectivity index (χ3v) is 3.04. The van der Waals surface area contributed by atoms with Crippen molar-refractivity contribution in [3.05, 3.63) is 30.0 Å². The van der Waals surface area contributed by atoms with Gasteiger partial charge in [0, 0.05) is 18.9 Å². The molecule has 0 radical (unpaired) electrons. The van der Waals surface area contributed by atoms with Crippen molar-refractivity contribution < 1.29 is 10.2 Å². The molecule has 0 aliphatic heterocycles. The first-order valence-corrected chi connectivity index (χ1v) is 5.70. The van der Waals surface area contributed by atoms with Crippen molar-refractivity contribution in [1.29, 1.82) is 0 Å². The fourth-order valence-corrected chi connectivity index (χ4v) is 1.87. The Hall–Kier alpha value is -1.39. The maximum absolute atomic E-state index is 9.91. The zero-order chi connectivity index (χ0) is 12.6. The van der Waals surface area contributed by atoms with Crippen LogP contribution in [0.2, 0.25) is 0 Å². The maximum Gasteiger partial charge on any atom is 0.0877 e. The average Bonchev–Trinajstić information content (AvgIpc) is 2.56. The summed E-state index contributed by atoms with van der Waals surface area (Å²) in [6, 6.07) is 7.88. The van der Waals surface area contributed by atoms with Crippen molar-refractivity contribution in [2.45, 2.75) is 32.0 Å². The molecule has 17 heavy (non-hydrogen) atoms. The molecule has 1 aromatic carbocycles. The Bertz CT molecular complexity index is 526. The normalized spacial score (nSPS) is 14.2. The molecule has 1 aromatic heterocycles. The van der Waals surface area contributed by atoms with Gasteiger partial charge in [-0.15, -0.1) is 0 Å². The van der Waals surface area contributed by atoms with Gasteiger partial charge in [0.2, 0.25) is 0 Å². The van der Waals surface area contributed by atoms with Crippen molar-refractivity contribution in [2.24, 2.45) is 7.05 Å². The molecule has 2 N–H and O–H groups in total. The minimum absolute atomic E-state index is 0.352. The zero-order valence-corrected chi connectivity index (χ0v) is 10.4. The van der Waals surface area contributed by atoms with E-state index in [0.717, 1.165) is 16.6 Å². The zero-order valence-electron chi connectivity index (χ0n) is 10.4. The van der Waals surface area contributed by atoms with Crippen LogP contribution in [-0.4, -0.2) is 31.7 Å². The van der Waals surface area contributed by atoms with Gasteiger partial charge in [0.1, 0.15) is 0 Å². The van der Waals surface area contributed by atoms with Gasteiger partial charge in [-0.2, -0.15) is 5.10 Å². The first-order chi connectivity index (χ1) is 7.89. The van der Waals surface area contributed by atoms with E-state index in [4.69, 9.17) is 0 Å². The van der Waals surface area contributed by atoms with Crippen molar-refractivity contribution in [3.63, 3.8) is 0 Å². The lowest BCUT2D eigenvalue weighted by atomic mass is 9.97. The number of aliphatic hydroxyl groups is 2. The molecular weight excluding hydrogens is 216 g/mol. The first kappa shape index (κ1) is 12.1. The summed E-state index contributed by atoms with van der Waals surface area (Å²) in [6.07, 6.45) is -0.467. The Morgan fingerprint density at radius 1 is 1.35 bits per heavy atom. The molecule has 2 rings (SSSR count). The van der Waals surface area contributed by atoms with E-state index in [1.807, 2.05) is 31.3 Å². The molecule has 2 aromatic rings. The number of hydrogen-bond donors (Lipinski definition) is 2. The molecule has 92 valence electrons. The molecule has 0 bridgehead atoms. The van der Waals surface area contributed by atoms with Crippen LogP contribution in [0.3, 0.4) is 0 Å².